The number of fused-ring (bicyclic) bond motifs is 1. The molecule has 4 rings (SSSR count). The topological polar surface area (TPSA) is 68.9 Å². The van der Waals surface area contributed by atoms with Gasteiger partial charge in [-0.15, -0.1) is 9.36 Å². The third-order valence-electron chi connectivity index (χ3n) is 5.17. The second-order valence-corrected chi connectivity index (χ2v) is 6.99. The summed E-state index contributed by atoms with van der Waals surface area (Å²) < 4.78 is 24.1. The van der Waals surface area contributed by atoms with Crippen LogP contribution in [0.25, 0.3) is 0 Å². The summed E-state index contributed by atoms with van der Waals surface area (Å²) in [5, 5.41) is 3.98. The zero-order valence-electron chi connectivity index (χ0n) is 15.5. The van der Waals surface area contributed by atoms with E-state index >= 15 is 0 Å². The van der Waals surface area contributed by atoms with Gasteiger partial charge in [-0.3, -0.25) is 0 Å². The highest BCUT2D eigenvalue weighted by Crippen LogP contribution is 2.23. The molecule has 2 aliphatic heterocycles. The number of benzene rings is 1. The Hall–Kier alpha value is -2.61. The molecule has 27 heavy (non-hydrogen) atoms. The van der Waals surface area contributed by atoms with E-state index in [0.717, 1.165) is 31.7 Å². The number of halogens is 1. The Morgan fingerprint density at radius 1 is 1.33 bits per heavy atom. The minimum Gasteiger partial charge on any atom is -0.391 e. The number of rotatable bonds is 5. The lowest BCUT2D eigenvalue weighted by Gasteiger charge is -2.20. The van der Waals surface area contributed by atoms with Gasteiger partial charge in [0, 0.05) is 37.1 Å². The third-order valence-corrected chi connectivity index (χ3v) is 5.17. The lowest BCUT2D eigenvalue weighted by atomic mass is 10.1. The molecule has 2 aliphatic rings. The maximum absolute atomic E-state index is 14.6. The molecule has 1 saturated heterocycles. The Kier molecular flexibility index (Phi) is 4.98. The summed E-state index contributed by atoms with van der Waals surface area (Å²) in [6.07, 6.45) is 3.60. The van der Waals surface area contributed by atoms with Crippen molar-refractivity contribution in [2.45, 2.75) is 32.0 Å². The van der Waals surface area contributed by atoms with Gasteiger partial charge in [0.25, 0.3) is 0 Å². The summed E-state index contributed by atoms with van der Waals surface area (Å²) in [7, 11) is 2.01. The molecule has 0 bridgehead atoms. The van der Waals surface area contributed by atoms with Gasteiger partial charge in [-0.1, -0.05) is 17.3 Å². The van der Waals surface area contributed by atoms with Gasteiger partial charge in [-0.2, -0.15) is 0 Å². The molecule has 1 aromatic carbocycles. The summed E-state index contributed by atoms with van der Waals surface area (Å²) in [5.41, 5.74) is 7.13. The number of nitrogens with zero attached hydrogens (tertiary/aromatic N) is 4. The second-order valence-electron chi connectivity index (χ2n) is 6.99. The van der Waals surface area contributed by atoms with E-state index in [1.54, 1.807) is 12.1 Å². The van der Waals surface area contributed by atoms with Gasteiger partial charge in [0.1, 0.15) is 11.9 Å². The van der Waals surface area contributed by atoms with Gasteiger partial charge in [-0.25, -0.2) is 4.39 Å². The molecule has 0 saturated carbocycles. The van der Waals surface area contributed by atoms with Gasteiger partial charge in [0.15, 0.2) is 24.9 Å². The Bertz CT molecular complexity index is 845. The highest BCUT2D eigenvalue weighted by atomic mass is 19.1. The van der Waals surface area contributed by atoms with Crippen LogP contribution < -0.4 is 15.3 Å². The van der Waals surface area contributed by atoms with Crippen molar-refractivity contribution < 1.29 is 18.6 Å². The first-order chi connectivity index (χ1) is 13.1. The van der Waals surface area contributed by atoms with Crippen LogP contribution in [0.4, 0.5) is 10.2 Å². The number of hydrogen-bond acceptors (Lipinski definition) is 4. The number of amidine groups is 1. The number of aryl methyl sites for hydroxylation is 1. The SMILES string of the molecule is C[n+]1ccc2n1CCN2Cc1ccc(C(N)=NOC2CCOCC2)cc1F. The third kappa shape index (κ3) is 3.75. The van der Waals surface area contributed by atoms with Gasteiger partial charge < -0.3 is 20.2 Å². The van der Waals surface area contributed by atoms with Crippen LogP contribution in [0.2, 0.25) is 0 Å². The van der Waals surface area contributed by atoms with E-state index in [-0.39, 0.29) is 17.8 Å². The van der Waals surface area contributed by atoms with Crippen molar-refractivity contribution in [3.05, 3.63) is 47.4 Å². The molecule has 1 aromatic heterocycles. The van der Waals surface area contributed by atoms with E-state index in [4.69, 9.17) is 15.3 Å². The molecule has 0 radical (unpaired) electrons. The van der Waals surface area contributed by atoms with Gasteiger partial charge in [0.05, 0.1) is 25.8 Å². The normalized spacial score (nSPS) is 18.0. The lowest BCUT2D eigenvalue weighted by Crippen LogP contribution is -2.37. The molecule has 0 amide bonds. The minimum atomic E-state index is -0.286. The Labute approximate surface area is 157 Å². The molecule has 0 spiro atoms. The smallest absolute Gasteiger partial charge is 0.197 e. The minimum absolute atomic E-state index is 0.00848. The summed E-state index contributed by atoms with van der Waals surface area (Å²) >= 11 is 0. The first kappa shape index (κ1) is 17.8. The van der Waals surface area contributed by atoms with Gasteiger partial charge in [0.2, 0.25) is 0 Å². The Morgan fingerprint density at radius 3 is 2.93 bits per heavy atom. The van der Waals surface area contributed by atoms with Crippen LogP contribution in [0.3, 0.4) is 0 Å². The zero-order chi connectivity index (χ0) is 18.8. The van der Waals surface area contributed by atoms with Gasteiger partial charge >= 0.3 is 0 Å². The van der Waals surface area contributed by atoms with Crippen molar-refractivity contribution in [3.63, 3.8) is 0 Å². The zero-order valence-corrected chi connectivity index (χ0v) is 15.5. The molecular weight excluding hydrogens is 349 g/mol. The van der Waals surface area contributed by atoms with Crippen molar-refractivity contribution in [3.8, 4) is 0 Å². The largest absolute Gasteiger partial charge is 0.391 e. The Morgan fingerprint density at radius 2 is 2.15 bits per heavy atom. The summed E-state index contributed by atoms with van der Waals surface area (Å²) in [6.45, 7) is 3.63. The van der Waals surface area contributed by atoms with Crippen molar-refractivity contribution in [1.29, 1.82) is 0 Å². The van der Waals surface area contributed by atoms with Crippen molar-refractivity contribution in [2.24, 2.45) is 17.9 Å². The molecule has 0 atom stereocenters. The van der Waals surface area contributed by atoms with E-state index < -0.39 is 0 Å². The van der Waals surface area contributed by atoms with Crippen LogP contribution in [0.5, 0.6) is 0 Å². The summed E-state index contributed by atoms with van der Waals surface area (Å²) in [5.74, 6) is 1.01. The summed E-state index contributed by atoms with van der Waals surface area (Å²) in [6, 6.07) is 7.04. The molecule has 7 nitrogen and oxygen atoms in total. The predicted octanol–water partition coefficient (Wildman–Crippen LogP) is 1.29. The highest BCUT2D eigenvalue weighted by molar-refractivity contribution is 5.97. The van der Waals surface area contributed by atoms with Crippen molar-refractivity contribution >= 4 is 11.7 Å². The molecule has 2 aromatic rings. The fourth-order valence-corrected chi connectivity index (χ4v) is 3.54. The monoisotopic (exact) mass is 374 g/mol. The quantitative estimate of drug-likeness (QED) is 0.371. The van der Waals surface area contributed by atoms with Crippen molar-refractivity contribution in [1.82, 2.24) is 4.68 Å². The number of oxime groups is 1. The van der Waals surface area contributed by atoms with E-state index in [9.17, 15) is 4.39 Å². The number of hydrogen-bond donors (Lipinski definition) is 1. The fourth-order valence-electron chi connectivity index (χ4n) is 3.54. The van der Waals surface area contributed by atoms with Crippen LogP contribution in [-0.4, -0.2) is 36.4 Å². The van der Waals surface area contributed by atoms with Crippen LogP contribution in [0, 0.1) is 5.82 Å². The fraction of sp³-hybridized carbons (Fsp3) is 0.474. The van der Waals surface area contributed by atoms with Crippen molar-refractivity contribution in [2.75, 3.05) is 24.7 Å². The van der Waals surface area contributed by atoms with E-state index in [1.165, 1.54) is 6.07 Å². The first-order valence-corrected chi connectivity index (χ1v) is 9.28. The average Bonchev–Trinajstić information content (AvgIpc) is 3.25. The number of anilines is 1. The molecular formula is C19H25FN5O2+. The van der Waals surface area contributed by atoms with Crippen LogP contribution in [0.1, 0.15) is 24.0 Å². The number of ether oxygens (including phenoxy) is 1. The summed E-state index contributed by atoms with van der Waals surface area (Å²) in [4.78, 5) is 7.64. The second kappa shape index (κ2) is 7.56. The maximum atomic E-state index is 14.6. The molecule has 8 heteroatoms. The first-order valence-electron chi connectivity index (χ1n) is 9.28. The van der Waals surface area contributed by atoms with Crippen LogP contribution in [0.15, 0.2) is 35.6 Å². The number of aromatic nitrogens is 2. The highest BCUT2D eigenvalue weighted by Gasteiger charge is 2.25. The maximum Gasteiger partial charge on any atom is 0.197 e. The van der Waals surface area contributed by atoms with Crippen LogP contribution in [-0.2, 0) is 29.7 Å². The number of nitrogens with two attached hydrogens (primary N) is 1. The van der Waals surface area contributed by atoms with Gasteiger partial charge in [-0.05, 0) is 6.07 Å². The van der Waals surface area contributed by atoms with Crippen LogP contribution >= 0.6 is 0 Å². The standard InChI is InChI=1S/C19H25FN5O2/c1-23-7-4-18-24(8-9-25(18)23)13-15-3-2-14(12-17(15)20)19(21)22-27-16-5-10-26-11-6-16/h2-4,7,12,16H,5-6,8-11,13H2,1H3,(H2,21,22)/q+1. The lowest BCUT2D eigenvalue weighted by molar-refractivity contribution is -0.751. The molecule has 1 fully saturated rings. The molecule has 0 unspecified atom stereocenters. The predicted molar refractivity (Wildman–Crippen MR) is 98.7 cm³/mol. The van der Waals surface area contributed by atoms with E-state index in [2.05, 4.69) is 20.8 Å². The average molecular weight is 374 g/mol. The van der Waals surface area contributed by atoms with E-state index in [0.29, 0.717) is 30.9 Å². The van der Waals surface area contributed by atoms with E-state index in [1.807, 2.05) is 17.9 Å². The molecule has 3 heterocycles. The molecule has 0 aliphatic carbocycles. The molecule has 144 valence electrons. The Balaban J connectivity index is 1.43. The molecule has 2 N–H and O–H groups in total.